The van der Waals surface area contributed by atoms with Gasteiger partial charge < -0.3 is 10.5 Å². The van der Waals surface area contributed by atoms with Crippen molar-refractivity contribution in [2.75, 3.05) is 7.11 Å². The van der Waals surface area contributed by atoms with Gasteiger partial charge in [-0.3, -0.25) is 0 Å². The molecule has 84 valence electrons. The molecule has 1 aromatic heterocycles. The molecule has 0 radical (unpaired) electrons. The summed E-state index contributed by atoms with van der Waals surface area (Å²) in [6, 6.07) is 7.73. The highest BCUT2D eigenvalue weighted by Gasteiger charge is 2.04. The lowest BCUT2D eigenvalue weighted by molar-refractivity contribution is 0.414. The monoisotopic (exact) mass is 217 g/mol. The van der Waals surface area contributed by atoms with Gasteiger partial charge in [-0.15, -0.1) is 0 Å². The van der Waals surface area contributed by atoms with Crippen LogP contribution in [0.25, 0.3) is 5.69 Å². The first-order valence-corrected chi connectivity index (χ1v) is 5.15. The maximum atomic E-state index is 5.78. The first-order chi connectivity index (χ1) is 7.70. The predicted molar refractivity (Wildman–Crippen MR) is 62.7 cm³/mol. The fourth-order valence-corrected chi connectivity index (χ4v) is 1.45. The molecule has 0 aliphatic rings. The van der Waals surface area contributed by atoms with Gasteiger partial charge >= 0.3 is 0 Å². The zero-order chi connectivity index (χ0) is 11.5. The highest BCUT2D eigenvalue weighted by molar-refractivity contribution is 5.37. The SMILES string of the molecule is COc1ccc(-n2cc([C@H](C)N)cn2)cc1. The molecule has 2 aromatic rings. The number of methoxy groups -OCH3 is 1. The normalized spacial score (nSPS) is 12.4. The van der Waals surface area contributed by atoms with Crippen LogP contribution in [0.5, 0.6) is 5.75 Å². The van der Waals surface area contributed by atoms with Crippen LogP contribution >= 0.6 is 0 Å². The van der Waals surface area contributed by atoms with Gasteiger partial charge in [-0.05, 0) is 31.2 Å². The topological polar surface area (TPSA) is 53.1 Å². The summed E-state index contributed by atoms with van der Waals surface area (Å²) in [6.07, 6.45) is 3.72. The number of benzene rings is 1. The van der Waals surface area contributed by atoms with Crippen LogP contribution in [-0.2, 0) is 0 Å². The van der Waals surface area contributed by atoms with Crippen molar-refractivity contribution < 1.29 is 4.74 Å². The number of nitrogens with zero attached hydrogens (tertiary/aromatic N) is 2. The zero-order valence-electron chi connectivity index (χ0n) is 9.42. The second kappa shape index (κ2) is 4.37. The molecule has 4 nitrogen and oxygen atoms in total. The Hall–Kier alpha value is -1.81. The molecular weight excluding hydrogens is 202 g/mol. The average molecular weight is 217 g/mol. The third kappa shape index (κ3) is 2.06. The van der Waals surface area contributed by atoms with E-state index >= 15 is 0 Å². The molecule has 0 spiro atoms. The van der Waals surface area contributed by atoms with Crippen LogP contribution in [0.1, 0.15) is 18.5 Å². The molecule has 0 bridgehead atoms. The standard InChI is InChI=1S/C12H15N3O/c1-9(13)10-7-14-15(8-10)11-3-5-12(16-2)6-4-11/h3-9H,13H2,1-2H3/t9-/m0/s1. The Bertz CT molecular complexity index is 459. The Morgan fingerprint density at radius 1 is 1.31 bits per heavy atom. The van der Waals surface area contributed by atoms with Gasteiger partial charge in [0.1, 0.15) is 5.75 Å². The van der Waals surface area contributed by atoms with Gasteiger partial charge in [-0.25, -0.2) is 4.68 Å². The fraction of sp³-hybridized carbons (Fsp3) is 0.250. The Morgan fingerprint density at radius 3 is 2.50 bits per heavy atom. The number of aromatic nitrogens is 2. The van der Waals surface area contributed by atoms with Crippen molar-refractivity contribution in [1.82, 2.24) is 9.78 Å². The van der Waals surface area contributed by atoms with Gasteiger partial charge in [-0.2, -0.15) is 5.10 Å². The van der Waals surface area contributed by atoms with Crippen molar-refractivity contribution >= 4 is 0 Å². The summed E-state index contributed by atoms with van der Waals surface area (Å²) in [5, 5.41) is 4.26. The smallest absolute Gasteiger partial charge is 0.119 e. The minimum Gasteiger partial charge on any atom is -0.497 e. The first kappa shape index (κ1) is 10.7. The molecule has 0 saturated carbocycles. The third-order valence-corrected chi connectivity index (χ3v) is 2.47. The molecule has 1 aromatic carbocycles. The first-order valence-electron chi connectivity index (χ1n) is 5.15. The second-order valence-electron chi connectivity index (χ2n) is 3.70. The molecule has 0 unspecified atom stereocenters. The van der Waals surface area contributed by atoms with Crippen LogP contribution in [0.2, 0.25) is 0 Å². The van der Waals surface area contributed by atoms with Crippen molar-refractivity contribution in [3.63, 3.8) is 0 Å². The molecule has 0 amide bonds. The minimum absolute atomic E-state index is 0.00648. The van der Waals surface area contributed by atoms with E-state index in [1.165, 1.54) is 0 Å². The Balaban J connectivity index is 2.28. The molecule has 1 heterocycles. The second-order valence-corrected chi connectivity index (χ2v) is 3.70. The number of rotatable bonds is 3. The van der Waals surface area contributed by atoms with Crippen LogP contribution < -0.4 is 10.5 Å². The molecule has 0 aliphatic heterocycles. The summed E-state index contributed by atoms with van der Waals surface area (Å²) in [6.45, 7) is 1.94. The van der Waals surface area contributed by atoms with E-state index in [0.717, 1.165) is 17.0 Å². The van der Waals surface area contributed by atoms with Crippen molar-refractivity contribution in [1.29, 1.82) is 0 Å². The highest BCUT2D eigenvalue weighted by atomic mass is 16.5. The zero-order valence-corrected chi connectivity index (χ0v) is 9.42. The maximum Gasteiger partial charge on any atom is 0.119 e. The quantitative estimate of drug-likeness (QED) is 0.854. The largest absolute Gasteiger partial charge is 0.497 e. The minimum atomic E-state index is 0.00648. The van der Waals surface area contributed by atoms with E-state index < -0.39 is 0 Å². The molecule has 0 aliphatic carbocycles. The summed E-state index contributed by atoms with van der Waals surface area (Å²) in [5.41, 5.74) is 7.79. The van der Waals surface area contributed by atoms with E-state index in [-0.39, 0.29) is 6.04 Å². The number of hydrogen-bond donors (Lipinski definition) is 1. The molecule has 0 fully saturated rings. The van der Waals surface area contributed by atoms with Gasteiger partial charge in [0.15, 0.2) is 0 Å². The van der Waals surface area contributed by atoms with Crippen molar-refractivity contribution in [2.45, 2.75) is 13.0 Å². The summed E-state index contributed by atoms with van der Waals surface area (Å²) >= 11 is 0. The van der Waals surface area contributed by atoms with Gasteiger partial charge in [0, 0.05) is 17.8 Å². The van der Waals surface area contributed by atoms with Crippen molar-refractivity contribution in [2.24, 2.45) is 5.73 Å². The van der Waals surface area contributed by atoms with Crippen LogP contribution in [0, 0.1) is 0 Å². The summed E-state index contributed by atoms with van der Waals surface area (Å²) in [7, 11) is 1.65. The van der Waals surface area contributed by atoms with Gasteiger partial charge in [0.05, 0.1) is 19.0 Å². The highest BCUT2D eigenvalue weighted by Crippen LogP contribution is 2.16. The Morgan fingerprint density at radius 2 is 2.00 bits per heavy atom. The van der Waals surface area contributed by atoms with E-state index in [2.05, 4.69) is 5.10 Å². The summed E-state index contributed by atoms with van der Waals surface area (Å²) in [5.74, 6) is 0.836. The van der Waals surface area contributed by atoms with E-state index in [0.29, 0.717) is 0 Å². The molecule has 16 heavy (non-hydrogen) atoms. The van der Waals surface area contributed by atoms with Crippen LogP contribution in [0.3, 0.4) is 0 Å². The molecule has 1 atom stereocenters. The Labute approximate surface area is 94.6 Å². The number of nitrogens with two attached hydrogens (primary N) is 1. The molecule has 4 heteroatoms. The van der Waals surface area contributed by atoms with Crippen LogP contribution in [0.4, 0.5) is 0 Å². The van der Waals surface area contributed by atoms with E-state index in [1.807, 2.05) is 37.4 Å². The summed E-state index contributed by atoms with van der Waals surface area (Å²) in [4.78, 5) is 0. The fourth-order valence-electron chi connectivity index (χ4n) is 1.45. The van der Waals surface area contributed by atoms with Crippen molar-refractivity contribution in [3.8, 4) is 11.4 Å². The Kier molecular flexibility index (Phi) is 2.92. The van der Waals surface area contributed by atoms with Crippen LogP contribution in [-0.4, -0.2) is 16.9 Å². The lowest BCUT2D eigenvalue weighted by atomic mass is 10.2. The number of ether oxygens (including phenoxy) is 1. The molecule has 0 saturated heterocycles. The van der Waals surface area contributed by atoms with E-state index in [9.17, 15) is 0 Å². The summed E-state index contributed by atoms with van der Waals surface area (Å²) < 4.78 is 6.90. The van der Waals surface area contributed by atoms with E-state index in [1.54, 1.807) is 18.0 Å². The van der Waals surface area contributed by atoms with Crippen molar-refractivity contribution in [3.05, 3.63) is 42.2 Å². The lowest BCUT2D eigenvalue weighted by Gasteiger charge is -2.03. The predicted octanol–water partition coefficient (Wildman–Crippen LogP) is 1.90. The molecule has 2 rings (SSSR count). The van der Waals surface area contributed by atoms with Crippen LogP contribution in [0.15, 0.2) is 36.7 Å². The van der Waals surface area contributed by atoms with E-state index in [4.69, 9.17) is 10.5 Å². The lowest BCUT2D eigenvalue weighted by Crippen LogP contribution is -2.03. The third-order valence-electron chi connectivity index (χ3n) is 2.47. The molecular formula is C12H15N3O. The van der Waals surface area contributed by atoms with Gasteiger partial charge in [0.2, 0.25) is 0 Å². The van der Waals surface area contributed by atoms with Gasteiger partial charge in [0.25, 0.3) is 0 Å². The van der Waals surface area contributed by atoms with Gasteiger partial charge in [-0.1, -0.05) is 0 Å². The maximum absolute atomic E-state index is 5.78. The number of hydrogen-bond acceptors (Lipinski definition) is 3. The average Bonchev–Trinajstić information content (AvgIpc) is 2.78. The molecule has 2 N–H and O–H groups in total.